The first-order valence-corrected chi connectivity index (χ1v) is 11.3. The molecule has 3 rings (SSSR count). The van der Waals surface area contributed by atoms with Crippen LogP contribution in [0.2, 0.25) is 0 Å². The molecule has 1 atom stereocenters. The number of carbonyl (C=O) groups excluding carboxylic acids is 3. The smallest absolute Gasteiger partial charge is 0.251 e. The number of nitrogens with one attached hydrogen (secondary N) is 4. The summed E-state index contributed by atoms with van der Waals surface area (Å²) in [5, 5.41) is 11.6. The molecule has 34 heavy (non-hydrogen) atoms. The van der Waals surface area contributed by atoms with Crippen LogP contribution in [0.5, 0.6) is 0 Å². The van der Waals surface area contributed by atoms with E-state index in [2.05, 4.69) is 21.3 Å². The van der Waals surface area contributed by atoms with Gasteiger partial charge in [-0.2, -0.15) is 0 Å². The SMILES string of the molecule is CCCC(=O)Nc1ccc(NC(=O)CNc2ccc(C(=O)NC(C)c3ccccc3)cc2)cc1. The van der Waals surface area contributed by atoms with E-state index in [9.17, 15) is 14.4 Å². The molecule has 3 aromatic carbocycles. The second kappa shape index (κ2) is 12.2. The first-order chi connectivity index (χ1) is 16.4. The topological polar surface area (TPSA) is 99.3 Å². The zero-order valence-corrected chi connectivity index (χ0v) is 19.4. The predicted octanol–water partition coefficient (Wildman–Crippen LogP) is 4.97. The number of hydrogen-bond donors (Lipinski definition) is 4. The Morgan fingerprint density at radius 2 is 1.29 bits per heavy atom. The molecule has 0 heterocycles. The van der Waals surface area contributed by atoms with Crippen molar-refractivity contribution < 1.29 is 14.4 Å². The standard InChI is InChI=1S/C27H30N4O3/c1-3-7-25(32)30-23-14-16-24(17-15-23)31-26(33)18-28-22-12-10-21(11-13-22)27(34)29-19(2)20-8-5-4-6-9-20/h4-6,8-17,19,28H,3,7,18H2,1-2H3,(H,29,34)(H,30,32)(H,31,33). The molecule has 7 nitrogen and oxygen atoms in total. The van der Waals surface area contributed by atoms with Crippen molar-refractivity contribution in [2.75, 3.05) is 22.5 Å². The van der Waals surface area contributed by atoms with Crippen molar-refractivity contribution in [2.24, 2.45) is 0 Å². The van der Waals surface area contributed by atoms with Crippen LogP contribution in [0.15, 0.2) is 78.9 Å². The van der Waals surface area contributed by atoms with Crippen molar-refractivity contribution in [1.82, 2.24) is 5.32 Å². The van der Waals surface area contributed by atoms with Crippen molar-refractivity contribution in [2.45, 2.75) is 32.7 Å². The molecule has 0 aliphatic carbocycles. The van der Waals surface area contributed by atoms with Crippen LogP contribution in [-0.2, 0) is 9.59 Å². The average Bonchev–Trinajstić information content (AvgIpc) is 2.85. The second-order valence-corrected chi connectivity index (χ2v) is 7.96. The van der Waals surface area contributed by atoms with Crippen LogP contribution in [-0.4, -0.2) is 24.3 Å². The molecule has 0 bridgehead atoms. The van der Waals surface area contributed by atoms with Gasteiger partial charge in [-0.25, -0.2) is 0 Å². The minimum Gasteiger partial charge on any atom is -0.376 e. The Kier molecular flexibility index (Phi) is 8.80. The van der Waals surface area contributed by atoms with E-state index in [1.165, 1.54) is 0 Å². The van der Waals surface area contributed by atoms with E-state index < -0.39 is 0 Å². The number of benzene rings is 3. The van der Waals surface area contributed by atoms with Gasteiger partial charge in [0.2, 0.25) is 11.8 Å². The van der Waals surface area contributed by atoms with E-state index >= 15 is 0 Å². The lowest BCUT2D eigenvalue weighted by Crippen LogP contribution is -2.26. The number of hydrogen-bond acceptors (Lipinski definition) is 4. The monoisotopic (exact) mass is 458 g/mol. The maximum atomic E-state index is 12.5. The van der Waals surface area contributed by atoms with Gasteiger partial charge >= 0.3 is 0 Å². The zero-order valence-electron chi connectivity index (χ0n) is 19.4. The quantitative estimate of drug-likeness (QED) is 0.345. The van der Waals surface area contributed by atoms with Crippen LogP contribution in [0.25, 0.3) is 0 Å². The summed E-state index contributed by atoms with van der Waals surface area (Å²) in [6.07, 6.45) is 1.26. The van der Waals surface area contributed by atoms with E-state index in [0.29, 0.717) is 23.4 Å². The third kappa shape index (κ3) is 7.48. The molecule has 0 saturated carbocycles. The molecule has 0 fully saturated rings. The number of anilines is 3. The van der Waals surface area contributed by atoms with Gasteiger partial charge < -0.3 is 21.3 Å². The molecule has 7 heteroatoms. The number of rotatable bonds is 10. The van der Waals surface area contributed by atoms with Crippen molar-refractivity contribution >= 4 is 34.8 Å². The maximum absolute atomic E-state index is 12.5. The summed E-state index contributed by atoms with van der Waals surface area (Å²) < 4.78 is 0. The summed E-state index contributed by atoms with van der Waals surface area (Å²) in [6, 6.07) is 23.6. The summed E-state index contributed by atoms with van der Waals surface area (Å²) >= 11 is 0. The highest BCUT2D eigenvalue weighted by atomic mass is 16.2. The molecule has 1 unspecified atom stereocenters. The van der Waals surface area contributed by atoms with Gasteiger partial charge in [-0.15, -0.1) is 0 Å². The molecule has 4 N–H and O–H groups in total. The van der Waals surface area contributed by atoms with E-state index in [4.69, 9.17) is 0 Å². The van der Waals surface area contributed by atoms with E-state index in [1.54, 1.807) is 48.5 Å². The Bertz CT molecular complexity index is 1100. The molecule has 0 saturated heterocycles. The summed E-state index contributed by atoms with van der Waals surface area (Å²) in [7, 11) is 0. The predicted molar refractivity (Wildman–Crippen MR) is 136 cm³/mol. The first-order valence-electron chi connectivity index (χ1n) is 11.3. The molecule has 0 aliphatic rings. The molecule has 176 valence electrons. The van der Waals surface area contributed by atoms with Crippen LogP contribution in [0, 0.1) is 0 Å². The average molecular weight is 459 g/mol. The van der Waals surface area contributed by atoms with Gasteiger partial charge in [0.15, 0.2) is 0 Å². The highest BCUT2D eigenvalue weighted by Gasteiger charge is 2.11. The summed E-state index contributed by atoms with van der Waals surface area (Å²) in [6.45, 7) is 3.97. The molecule has 3 amide bonds. The molecular formula is C27H30N4O3. The van der Waals surface area contributed by atoms with Crippen molar-refractivity contribution in [1.29, 1.82) is 0 Å². The van der Waals surface area contributed by atoms with Gasteiger partial charge in [0, 0.05) is 29.0 Å². The number of carbonyl (C=O) groups is 3. The van der Waals surface area contributed by atoms with Gasteiger partial charge in [-0.3, -0.25) is 14.4 Å². The zero-order chi connectivity index (χ0) is 24.3. The number of amides is 3. The van der Waals surface area contributed by atoms with Crippen LogP contribution in [0.3, 0.4) is 0 Å². The molecular weight excluding hydrogens is 428 g/mol. The van der Waals surface area contributed by atoms with Crippen molar-refractivity contribution in [3.63, 3.8) is 0 Å². The highest BCUT2D eigenvalue weighted by molar-refractivity contribution is 5.96. The summed E-state index contributed by atoms with van der Waals surface area (Å²) in [5.74, 6) is -0.394. The Balaban J connectivity index is 1.45. The highest BCUT2D eigenvalue weighted by Crippen LogP contribution is 2.16. The Morgan fingerprint density at radius 1 is 0.735 bits per heavy atom. The van der Waals surface area contributed by atoms with E-state index in [0.717, 1.165) is 17.7 Å². The molecule has 0 radical (unpaired) electrons. The normalized spacial score (nSPS) is 11.2. The largest absolute Gasteiger partial charge is 0.376 e. The van der Waals surface area contributed by atoms with Crippen LogP contribution in [0.4, 0.5) is 17.1 Å². The third-order valence-corrected chi connectivity index (χ3v) is 5.18. The fourth-order valence-corrected chi connectivity index (χ4v) is 3.32. The van der Waals surface area contributed by atoms with E-state index in [1.807, 2.05) is 44.2 Å². The lowest BCUT2D eigenvalue weighted by molar-refractivity contribution is -0.116. The van der Waals surface area contributed by atoms with E-state index in [-0.39, 0.29) is 30.3 Å². The summed E-state index contributed by atoms with van der Waals surface area (Å²) in [4.78, 5) is 36.4. The fraction of sp³-hybridized carbons (Fsp3) is 0.222. The van der Waals surface area contributed by atoms with Gasteiger partial charge in [-0.05, 0) is 67.4 Å². The fourth-order valence-electron chi connectivity index (χ4n) is 3.32. The van der Waals surface area contributed by atoms with Crippen LogP contribution < -0.4 is 21.3 Å². The maximum Gasteiger partial charge on any atom is 0.251 e. The lowest BCUT2D eigenvalue weighted by atomic mass is 10.1. The minimum absolute atomic E-state index is 0.0299. The first kappa shape index (κ1) is 24.5. The Labute approximate surface area is 200 Å². The van der Waals surface area contributed by atoms with Gasteiger partial charge in [0.25, 0.3) is 5.91 Å². The molecule has 0 aliphatic heterocycles. The van der Waals surface area contributed by atoms with Crippen LogP contribution in [0.1, 0.15) is 48.7 Å². The van der Waals surface area contributed by atoms with Crippen molar-refractivity contribution in [3.8, 4) is 0 Å². The summed E-state index contributed by atoms with van der Waals surface area (Å²) in [5.41, 5.74) is 3.65. The minimum atomic E-state index is -0.207. The second-order valence-electron chi connectivity index (χ2n) is 7.96. The molecule has 0 aromatic heterocycles. The lowest BCUT2D eigenvalue weighted by Gasteiger charge is -2.14. The molecule has 0 spiro atoms. The molecule has 3 aromatic rings. The van der Waals surface area contributed by atoms with Crippen molar-refractivity contribution in [3.05, 3.63) is 90.0 Å². The van der Waals surface area contributed by atoms with Gasteiger partial charge in [-0.1, -0.05) is 37.3 Å². The Hall–Kier alpha value is -4.13. The van der Waals surface area contributed by atoms with Crippen LogP contribution >= 0.6 is 0 Å². The van der Waals surface area contributed by atoms with Gasteiger partial charge in [0.1, 0.15) is 0 Å². The van der Waals surface area contributed by atoms with Gasteiger partial charge in [0.05, 0.1) is 12.6 Å². The Morgan fingerprint density at radius 3 is 1.88 bits per heavy atom. The third-order valence-electron chi connectivity index (χ3n) is 5.18.